The van der Waals surface area contributed by atoms with Crippen molar-refractivity contribution in [1.29, 1.82) is 0 Å². The van der Waals surface area contributed by atoms with E-state index < -0.39 is 29.6 Å². The summed E-state index contributed by atoms with van der Waals surface area (Å²) >= 11 is 1.38. The maximum atomic E-state index is 13.6. The van der Waals surface area contributed by atoms with Gasteiger partial charge in [-0.15, -0.1) is 11.3 Å². The van der Waals surface area contributed by atoms with Gasteiger partial charge in [0.25, 0.3) is 5.91 Å². The van der Waals surface area contributed by atoms with Gasteiger partial charge in [0.2, 0.25) is 0 Å². The summed E-state index contributed by atoms with van der Waals surface area (Å²) in [7, 11) is 0. The molecule has 1 aromatic heterocycles. The predicted octanol–water partition coefficient (Wildman–Crippen LogP) is 3.76. The average Bonchev–Trinajstić information content (AvgIpc) is 3.04. The third-order valence-electron chi connectivity index (χ3n) is 3.41. The van der Waals surface area contributed by atoms with Crippen LogP contribution in [0.3, 0.4) is 0 Å². The van der Waals surface area contributed by atoms with Gasteiger partial charge in [0.15, 0.2) is 6.10 Å². The van der Waals surface area contributed by atoms with E-state index in [9.17, 15) is 18.4 Å². The van der Waals surface area contributed by atoms with Crippen molar-refractivity contribution in [1.82, 2.24) is 4.98 Å². The lowest BCUT2D eigenvalue weighted by Gasteiger charge is -2.14. The van der Waals surface area contributed by atoms with Gasteiger partial charge in [0, 0.05) is 6.07 Å². The van der Waals surface area contributed by atoms with Gasteiger partial charge in [-0.05, 0) is 37.3 Å². The number of benzene rings is 2. The van der Waals surface area contributed by atoms with Crippen LogP contribution >= 0.6 is 11.3 Å². The molecule has 0 saturated carbocycles. The van der Waals surface area contributed by atoms with E-state index in [4.69, 9.17) is 4.74 Å². The van der Waals surface area contributed by atoms with Gasteiger partial charge in [0.1, 0.15) is 11.6 Å². The first-order chi connectivity index (χ1) is 11.9. The van der Waals surface area contributed by atoms with Crippen molar-refractivity contribution >= 4 is 39.1 Å². The summed E-state index contributed by atoms with van der Waals surface area (Å²) in [6.45, 7) is 1.36. The molecule has 0 radical (unpaired) electrons. The van der Waals surface area contributed by atoms with E-state index in [1.807, 2.05) is 0 Å². The molecule has 3 rings (SSSR count). The summed E-state index contributed by atoms with van der Waals surface area (Å²) in [6.07, 6.45) is -1.16. The maximum absolute atomic E-state index is 13.6. The van der Waals surface area contributed by atoms with Gasteiger partial charge in [0.05, 0.1) is 27.0 Å². The fourth-order valence-electron chi connectivity index (χ4n) is 2.09. The molecule has 8 heteroatoms. The molecule has 0 spiro atoms. The molecule has 1 atom stereocenters. The largest absolute Gasteiger partial charge is 0.449 e. The highest BCUT2D eigenvalue weighted by Gasteiger charge is 2.20. The number of aromatic nitrogens is 1. The molecule has 0 bridgehead atoms. The van der Waals surface area contributed by atoms with E-state index >= 15 is 0 Å². The van der Waals surface area contributed by atoms with Gasteiger partial charge in [-0.3, -0.25) is 4.79 Å². The van der Waals surface area contributed by atoms with E-state index in [1.165, 1.54) is 18.3 Å². The highest BCUT2D eigenvalue weighted by Crippen LogP contribution is 2.20. The molecule has 1 N–H and O–H groups in total. The lowest BCUT2D eigenvalue weighted by molar-refractivity contribution is -0.123. The molecular formula is C17H12F2N2O3S. The standard InChI is InChI=1S/C17H12F2N2O3S/c1-9(16(22)21-13-5-3-11(18)7-12(13)19)24-17(23)10-2-4-14-15(6-10)25-8-20-14/h2-9H,1H3,(H,21,22). The number of hydrogen-bond acceptors (Lipinski definition) is 5. The molecule has 0 aliphatic heterocycles. The summed E-state index contributed by atoms with van der Waals surface area (Å²) < 4.78 is 32.3. The van der Waals surface area contributed by atoms with E-state index in [1.54, 1.807) is 23.7 Å². The predicted molar refractivity (Wildman–Crippen MR) is 89.5 cm³/mol. The van der Waals surface area contributed by atoms with Crippen LogP contribution in [0, 0.1) is 11.6 Å². The number of carbonyl (C=O) groups is 2. The molecule has 1 unspecified atom stereocenters. The Morgan fingerprint density at radius 2 is 2.00 bits per heavy atom. The minimum absolute atomic E-state index is 0.194. The number of amides is 1. The van der Waals surface area contributed by atoms with Crippen LogP contribution < -0.4 is 5.32 Å². The molecule has 3 aromatic rings. The second-order valence-electron chi connectivity index (χ2n) is 5.20. The Morgan fingerprint density at radius 3 is 2.76 bits per heavy atom. The molecule has 0 saturated heterocycles. The van der Waals surface area contributed by atoms with Crippen LogP contribution in [0.4, 0.5) is 14.5 Å². The Hall–Kier alpha value is -2.87. The van der Waals surface area contributed by atoms with Gasteiger partial charge in [-0.1, -0.05) is 0 Å². The quantitative estimate of drug-likeness (QED) is 0.718. The molecular weight excluding hydrogens is 350 g/mol. The van der Waals surface area contributed by atoms with Crippen LogP contribution in [0.15, 0.2) is 41.9 Å². The number of nitrogens with one attached hydrogen (secondary N) is 1. The van der Waals surface area contributed by atoms with Crippen LogP contribution in [-0.2, 0) is 9.53 Å². The number of ether oxygens (including phenoxy) is 1. The zero-order valence-electron chi connectivity index (χ0n) is 13.0. The summed E-state index contributed by atoms with van der Waals surface area (Å²) in [6, 6.07) is 7.61. The van der Waals surface area contributed by atoms with Crippen molar-refractivity contribution in [3.05, 3.63) is 59.1 Å². The van der Waals surface area contributed by atoms with Crippen LogP contribution in [0.2, 0.25) is 0 Å². The maximum Gasteiger partial charge on any atom is 0.338 e. The zero-order chi connectivity index (χ0) is 18.0. The van der Waals surface area contributed by atoms with E-state index in [0.29, 0.717) is 6.07 Å². The number of rotatable bonds is 4. The van der Waals surface area contributed by atoms with E-state index in [-0.39, 0.29) is 11.3 Å². The molecule has 1 heterocycles. The van der Waals surface area contributed by atoms with Gasteiger partial charge in [-0.2, -0.15) is 0 Å². The third-order valence-corrected chi connectivity index (χ3v) is 4.20. The van der Waals surface area contributed by atoms with Crippen LogP contribution in [-0.4, -0.2) is 23.0 Å². The number of hydrogen-bond donors (Lipinski definition) is 1. The summed E-state index contributed by atoms with van der Waals surface area (Å²) in [5.74, 6) is -3.08. The van der Waals surface area contributed by atoms with Crippen molar-refractivity contribution < 1.29 is 23.1 Å². The van der Waals surface area contributed by atoms with E-state index in [2.05, 4.69) is 10.3 Å². The Bertz CT molecular complexity index is 958. The average molecular weight is 362 g/mol. The number of esters is 1. The van der Waals surface area contributed by atoms with Crippen molar-refractivity contribution in [3.8, 4) is 0 Å². The molecule has 1 amide bonds. The second kappa shape index (κ2) is 6.94. The first kappa shape index (κ1) is 17.0. The Morgan fingerprint density at radius 1 is 1.20 bits per heavy atom. The number of fused-ring (bicyclic) bond motifs is 1. The molecule has 0 fully saturated rings. The minimum atomic E-state index is -1.16. The number of halogens is 2. The Kier molecular flexibility index (Phi) is 4.71. The molecule has 0 aliphatic carbocycles. The number of anilines is 1. The summed E-state index contributed by atoms with van der Waals surface area (Å²) in [5, 5.41) is 2.25. The lowest BCUT2D eigenvalue weighted by atomic mass is 10.2. The normalized spacial score (nSPS) is 12.0. The summed E-state index contributed by atoms with van der Waals surface area (Å²) in [4.78, 5) is 28.3. The first-order valence-electron chi connectivity index (χ1n) is 7.24. The van der Waals surface area contributed by atoms with Crippen molar-refractivity contribution in [2.24, 2.45) is 0 Å². The first-order valence-corrected chi connectivity index (χ1v) is 8.12. The number of thiazole rings is 1. The second-order valence-corrected chi connectivity index (χ2v) is 6.08. The number of carbonyl (C=O) groups excluding carboxylic acids is 2. The van der Waals surface area contributed by atoms with E-state index in [0.717, 1.165) is 22.3 Å². The van der Waals surface area contributed by atoms with Crippen molar-refractivity contribution in [3.63, 3.8) is 0 Å². The smallest absolute Gasteiger partial charge is 0.338 e. The molecule has 5 nitrogen and oxygen atoms in total. The molecule has 0 aliphatic rings. The molecule has 2 aromatic carbocycles. The third kappa shape index (κ3) is 3.80. The Labute approximate surface area is 145 Å². The lowest BCUT2D eigenvalue weighted by Crippen LogP contribution is -2.30. The zero-order valence-corrected chi connectivity index (χ0v) is 13.8. The van der Waals surface area contributed by atoms with Gasteiger partial charge >= 0.3 is 5.97 Å². The van der Waals surface area contributed by atoms with Crippen molar-refractivity contribution in [2.45, 2.75) is 13.0 Å². The summed E-state index contributed by atoms with van der Waals surface area (Å²) in [5.41, 5.74) is 2.51. The Balaban J connectivity index is 1.66. The molecule has 128 valence electrons. The monoisotopic (exact) mass is 362 g/mol. The fourth-order valence-corrected chi connectivity index (χ4v) is 2.81. The van der Waals surface area contributed by atoms with Gasteiger partial charge < -0.3 is 10.1 Å². The number of nitrogens with zero attached hydrogens (tertiary/aromatic N) is 1. The highest BCUT2D eigenvalue weighted by molar-refractivity contribution is 7.16. The van der Waals surface area contributed by atoms with Crippen LogP contribution in [0.1, 0.15) is 17.3 Å². The minimum Gasteiger partial charge on any atom is -0.449 e. The fraction of sp³-hybridized carbons (Fsp3) is 0.118. The topological polar surface area (TPSA) is 68.3 Å². The van der Waals surface area contributed by atoms with Crippen LogP contribution in [0.25, 0.3) is 10.2 Å². The van der Waals surface area contributed by atoms with Crippen LogP contribution in [0.5, 0.6) is 0 Å². The SMILES string of the molecule is CC(OC(=O)c1ccc2ncsc2c1)C(=O)Nc1ccc(F)cc1F. The molecule has 25 heavy (non-hydrogen) atoms. The van der Waals surface area contributed by atoms with Crippen molar-refractivity contribution in [2.75, 3.05) is 5.32 Å². The van der Waals surface area contributed by atoms with Gasteiger partial charge in [-0.25, -0.2) is 18.6 Å². The highest BCUT2D eigenvalue weighted by atomic mass is 32.1.